The van der Waals surface area contributed by atoms with E-state index >= 15 is 0 Å². The maximum absolute atomic E-state index is 12.3. The molecule has 0 radical (unpaired) electrons. The number of non-ortho nitro benzene ring substituents is 1. The average molecular weight is 384 g/mol. The Hall–Kier alpha value is -3.62. The normalized spacial score (nSPS) is 16.0. The summed E-state index contributed by atoms with van der Waals surface area (Å²) in [5.74, 6) is 0.633. The van der Waals surface area contributed by atoms with Crippen LogP contribution in [-0.2, 0) is 4.79 Å². The van der Waals surface area contributed by atoms with Crippen LogP contribution in [0.4, 0.5) is 21.9 Å². The number of nitro benzene ring substituents is 1. The lowest BCUT2D eigenvalue weighted by atomic mass is 10.2. The molecule has 0 aromatic heterocycles. The number of urea groups is 1. The molecule has 1 atom stereocenters. The minimum Gasteiger partial charge on any atom is -0.494 e. The predicted octanol–water partition coefficient (Wildman–Crippen LogP) is 2.92. The van der Waals surface area contributed by atoms with Crippen LogP contribution in [0.1, 0.15) is 13.3 Å². The first-order chi connectivity index (χ1) is 13.5. The van der Waals surface area contributed by atoms with Crippen LogP contribution in [0.25, 0.3) is 0 Å². The van der Waals surface area contributed by atoms with Crippen molar-refractivity contribution in [1.82, 2.24) is 5.32 Å². The number of hydrogen-bond donors (Lipinski definition) is 2. The number of hydrogen-bond acceptors (Lipinski definition) is 5. The van der Waals surface area contributed by atoms with E-state index in [2.05, 4.69) is 10.6 Å². The number of carbonyl (C=O) groups excluding carboxylic acids is 2. The van der Waals surface area contributed by atoms with Gasteiger partial charge in [-0.25, -0.2) is 4.79 Å². The molecule has 0 aliphatic carbocycles. The van der Waals surface area contributed by atoms with Gasteiger partial charge in [0.15, 0.2) is 0 Å². The van der Waals surface area contributed by atoms with Gasteiger partial charge < -0.3 is 20.3 Å². The SMILES string of the molecule is CCOc1ccc(N2CC(NC(=O)Nc3cccc([N+](=O)[O-])c3)CC2=O)cc1. The Morgan fingerprint density at radius 3 is 2.71 bits per heavy atom. The summed E-state index contributed by atoms with van der Waals surface area (Å²) in [5, 5.41) is 16.1. The van der Waals surface area contributed by atoms with E-state index in [0.717, 1.165) is 11.4 Å². The Labute approximate surface area is 161 Å². The predicted molar refractivity (Wildman–Crippen MR) is 104 cm³/mol. The summed E-state index contributed by atoms with van der Waals surface area (Å²) in [5.41, 5.74) is 0.923. The van der Waals surface area contributed by atoms with Crippen LogP contribution in [0.2, 0.25) is 0 Å². The maximum atomic E-state index is 12.3. The number of rotatable bonds is 6. The highest BCUT2D eigenvalue weighted by Gasteiger charge is 2.31. The zero-order valence-electron chi connectivity index (χ0n) is 15.3. The molecule has 1 aliphatic rings. The van der Waals surface area contributed by atoms with Crippen molar-refractivity contribution in [3.8, 4) is 5.75 Å². The van der Waals surface area contributed by atoms with Crippen molar-refractivity contribution in [1.29, 1.82) is 0 Å². The number of nitrogens with one attached hydrogen (secondary N) is 2. The van der Waals surface area contributed by atoms with Crippen LogP contribution in [0.3, 0.4) is 0 Å². The van der Waals surface area contributed by atoms with Gasteiger partial charge in [0, 0.05) is 36.5 Å². The minimum atomic E-state index is -0.534. The molecule has 2 N–H and O–H groups in total. The van der Waals surface area contributed by atoms with E-state index < -0.39 is 11.0 Å². The largest absolute Gasteiger partial charge is 0.494 e. The van der Waals surface area contributed by atoms with Gasteiger partial charge in [0.05, 0.1) is 17.6 Å². The molecule has 1 heterocycles. The molecule has 2 aromatic rings. The summed E-state index contributed by atoms with van der Waals surface area (Å²) < 4.78 is 5.39. The van der Waals surface area contributed by atoms with Crippen LogP contribution in [-0.4, -0.2) is 36.1 Å². The highest BCUT2D eigenvalue weighted by atomic mass is 16.6. The van der Waals surface area contributed by atoms with Gasteiger partial charge in [0.1, 0.15) is 5.75 Å². The molecular formula is C19H20N4O5. The number of amides is 3. The fourth-order valence-corrected chi connectivity index (χ4v) is 2.99. The molecule has 9 heteroatoms. The van der Waals surface area contributed by atoms with E-state index in [1.807, 2.05) is 6.92 Å². The number of carbonyl (C=O) groups is 2. The molecule has 1 saturated heterocycles. The first-order valence-electron chi connectivity index (χ1n) is 8.81. The lowest BCUT2D eigenvalue weighted by Gasteiger charge is -2.18. The molecule has 3 amide bonds. The molecule has 1 unspecified atom stereocenters. The van der Waals surface area contributed by atoms with Crippen LogP contribution in [0, 0.1) is 10.1 Å². The summed E-state index contributed by atoms with van der Waals surface area (Å²) >= 11 is 0. The summed E-state index contributed by atoms with van der Waals surface area (Å²) in [6.07, 6.45) is 0.176. The molecule has 1 aliphatic heterocycles. The average Bonchev–Trinajstić information content (AvgIpc) is 3.02. The van der Waals surface area contributed by atoms with E-state index in [4.69, 9.17) is 4.74 Å². The lowest BCUT2D eigenvalue weighted by molar-refractivity contribution is -0.384. The molecule has 0 bridgehead atoms. The van der Waals surface area contributed by atoms with Crippen LogP contribution >= 0.6 is 0 Å². The zero-order chi connectivity index (χ0) is 20.1. The van der Waals surface area contributed by atoms with Crippen molar-refractivity contribution >= 4 is 29.0 Å². The van der Waals surface area contributed by atoms with E-state index in [-0.39, 0.29) is 24.1 Å². The Morgan fingerprint density at radius 1 is 1.29 bits per heavy atom. The number of ether oxygens (including phenoxy) is 1. The first kappa shape index (κ1) is 19.2. The molecule has 146 valence electrons. The topological polar surface area (TPSA) is 114 Å². The Morgan fingerprint density at radius 2 is 2.04 bits per heavy atom. The second kappa shape index (κ2) is 8.38. The lowest BCUT2D eigenvalue weighted by Crippen LogP contribution is -2.39. The summed E-state index contributed by atoms with van der Waals surface area (Å²) in [4.78, 5) is 36.4. The standard InChI is InChI=1S/C19H20N4O5/c1-2-28-17-8-6-15(7-9-17)22-12-14(11-18(22)24)21-19(25)20-13-4-3-5-16(10-13)23(26)27/h3-10,14H,2,11-12H2,1H3,(H2,20,21,25). The van der Waals surface area contributed by atoms with E-state index in [1.54, 1.807) is 35.2 Å². The minimum absolute atomic E-state index is 0.0928. The van der Waals surface area contributed by atoms with Gasteiger partial charge in [0.2, 0.25) is 5.91 Å². The van der Waals surface area contributed by atoms with Crippen molar-refractivity contribution in [2.24, 2.45) is 0 Å². The van der Waals surface area contributed by atoms with Gasteiger partial charge >= 0.3 is 6.03 Å². The molecule has 1 fully saturated rings. The third kappa shape index (κ3) is 4.56. The van der Waals surface area contributed by atoms with Gasteiger partial charge in [-0.2, -0.15) is 0 Å². The molecule has 0 spiro atoms. The molecule has 28 heavy (non-hydrogen) atoms. The summed E-state index contributed by atoms with van der Waals surface area (Å²) in [6, 6.07) is 12.0. The Kier molecular flexibility index (Phi) is 5.73. The fourth-order valence-electron chi connectivity index (χ4n) is 2.99. The van der Waals surface area contributed by atoms with Crippen molar-refractivity contribution in [3.63, 3.8) is 0 Å². The highest BCUT2D eigenvalue weighted by molar-refractivity contribution is 5.97. The number of nitro groups is 1. The third-order valence-electron chi connectivity index (χ3n) is 4.23. The fraction of sp³-hybridized carbons (Fsp3) is 0.263. The van der Waals surface area contributed by atoms with E-state index in [9.17, 15) is 19.7 Å². The van der Waals surface area contributed by atoms with E-state index in [1.165, 1.54) is 18.2 Å². The van der Waals surface area contributed by atoms with Gasteiger partial charge in [-0.3, -0.25) is 14.9 Å². The maximum Gasteiger partial charge on any atom is 0.319 e. The Balaban J connectivity index is 1.58. The van der Waals surface area contributed by atoms with Crippen molar-refractivity contribution in [2.45, 2.75) is 19.4 Å². The van der Waals surface area contributed by atoms with Gasteiger partial charge in [0.25, 0.3) is 5.69 Å². The summed E-state index contributed by atoms with van der Waals surface area (Å²) in [6.45, 7) is 2.80. The number of nitrogens with zero attached hydrogens (tertiary/aromatic N) is 2. The number of benzene rings is 2. The molecular weight excluding hydrogens is 364 g/mol. The first-order valence-corrected chi connectivity index (χ1v) is 8.81. The van der Waals surface area contributed by atoms with Gasteiger partial charge in [-0.05, 0) is 37.3 Å². The van der Waals surface area contributed by atoms with Crippen molar-refractivity contribution in [2.75, 3.05) is 23.4 Å². The number of anilines is 2. The Bertz CT molecular complexity index is 884. The van der Waals surface area contributed by atoms with Crippen LogP contribution in [0.15, 0.2) is 48.5 Å². The third-order valence-corrected chi connectivity index (χ3v) is 4.23. The highest BCUT2D eigenvalue weighted by Crippen LogP contribution is 2.24. The van der Waals surface area contributed by atoms with Crippen LogP contribution in [0.5, 0.6) is 5.75 Å². The second-order valence-electron chi connectivity index (χ2n) is 6.24. The van der Waals surface area contributed by atoms with Crippen molar-refractivity contribution < 1.29 is 19.2 Å². The van der Waals surface area contributed by atoms with Gasteiger partial charge in [-0.15, -0.1) is 0 Å². The second-order valence-corrected chi connectivity index (χ2v) is 6.24. The van der Waals surface area contributed by atoms with Gasteiger partial charge in [-0.1, -0.05) is 6.07 Å². The smallest absolute Gasteiger partial charge is 0.319 e. The molecule has 3 rings (SSSR count). The molecule has 2 aromatic carbocycles. The van der Waals surface area contributed by atoms with Crippen molar-refractivity contribution in [3.05, 3.63) is 58.6 Å². The monoisotopic (exact) mass is 384 g/mol. The summed E-state index contributed by atoms with van der Waals surface area (Å²) in [7, 11) is 0. The molecule has 9 nitrogen and oxygen atoms in total. The van der Waals surface area contributed by atoms with Crippen LogP contribution < -0.4 is 20.3 Å². The zero-order valence-corrected chi connectivity index (χ0v) is 15.3. The van der Waals surface area contributed by atoms with E-state index in [0.29, 0.717) is 18.8 Å². The molecule has 0 saturated carbocycles. The quantitative estimate of drug-likeness (QED) is 0.587.